The zero-order valence-corrected chi connectivity index (χ0v) is 19.2. The van der Waals surface area contributed by atoms with Crippen LogP contribution in [-0.4, -0.2) is 28.6 Å². The molecule has 3 aromatic carbocycles. The van der Waals surface area contributed by atoms with E-state index in [0.717, 1.165) is 22.5 Å². The van der Waals surface area contributed by atoms with Crippen LogP contribution in [0.5, 0.6) is 0 Å². The molecule has 0 spiro atoms. The molecule has 1 unspecified atom stereocenters. The number of carbonyl (C=O) groups excluding carboxylic acids is 2. The van der Waals surface area contributed by atoms with Gasteiger partial charge in [-0.2, -0.15) is 0 Å². The molecule has 0 fully saturated rings. The highest BCUT2D eigenvalue weighted by Gasteiger charge is 2.33. The minimum Gasteiger partial charge on any atom is -0.465 e. The van der Waals surface area contributed by atoms with Crippen LogP contribution in [0.3, 0.4) is 0 Å². The van der Waals surface area contributed by atoms with Crippen LogP contribution in [0.2, 0.25) is 5.02 Å². The Morgan fingerprint density at radius 2 is 1.68 bits per heavy atom. The lowest BCUT2D eigenvalue weighted by Gasteiger charge is -2.31. The maximum Gasteiger partial charge on any atom is 0.339 e. The Hall–Kier alpha value is -4.03. The van der Waals surface area contributed by atoms with E-state index < -0.39 is 5.97 Å². The molecule has 0 radical (unpaired) electrons. The lowest BCUT2D eigenvalue weighted by Crippen LogP contribution is -2.38. The summed E-state index contributed by atoms with van der Waals surface area (Å²) >= 11 is 6.16. The number of ether oxygens (including phenoxy) is 1. The molecule has 2 heterocycles. The predicted octanol–water partition coefficient (Wildman–Crippen LogP) is 6.05. The second-order valence-corrected chi connectivity index (χ2v) is 8.42. The van der Waals surface area contributed by atoms with E-state index in [-0.39, 0.29) is 12.1 Å². The Balaban J connectivity index is 1.61. The van der Waals surface area contributed by atoms with Gasteiger partial charge in [0.2, 0.25) is 0 Å². The number of benzene rings is 3. The van der Waals surface area contributed by atoms with Gasteiger partial charge in [0.15, 0.2) is 0 Å². The van der Waals surface area contributed by atoms with Crippen LogP contribution in [0.15, 0.2) is 91.1 Å². The number of para-hydroxylation sites is 2. The number of nitrogens with one attached hydrogen (secondary N) is 1. The molecule has 1 atom stereocenters. The molecule has 34 heavy (non-hydrogen) atoms. The fourth-order valence-electron chi connectivity index (χ4n) is 4.40. The molecule has 1 aromatic heterocycles. The smallest absolute Gasteiger partial charge is 0.339 e. The number of urea groups is 1. The molecule has 7 heteroatoms. The number of aromatic nitrogens is 1. The number of amides is 2. The summed E-state index contributed by atoms with van der Waals surface area (Å²) < 4.78 is 7.00. The largest absolute Gasteiger partial charge is 0.465 e. The molecule has 4 aromatic rings. The number of hydrogen-bond acceptors (Lipinski definition) is 3. The SMILES string of the molecule is COC(=O)c1ccccc1NC(=O)N1Cc2ccccc2-n2cccc2C1c1ccc(Cl)cc1. The van der Waals surface area contributed by atoms with Crippen LogP contribution >= 0.6 is 11.6 Å². The standard InChI is InChI=1S/C27H22ClN3O3/c1-34-26(32)21-8-3-4-9-22(21)29-27(33)31-17-19-7-2-5-10-23(19)30-16-6-11-24(30)25(31)18-12-14-20(28)15-13-18/h2-16,25H,17H2,1H3,(H,29,33). The molecule has 5 rings (SSSR count). The van der Waals surface area contributed by atoms with Gasteiger partial charge in [-0.25, -0.2) is 9.59 Å². The minimum atomic E-state index is -0.514. The summed E-state index contributed by atoms with van der Waals surface area (Å²) in [5.41, 5.74) is 4.58. The highest BCUT2D eigenvalue weighted by atomic mass is 35.5. The van der Waals surface area contributed by atoms with E-state index in [1.54, 1.807) is 29.2 Å². The van der Waals surface area contributed by atoms with Gasteiger partial charge < -0.3 is 19.5 Å². The molecule has 170 valence electrons. The maximum atomic E-state index is 13.8. The quantitative estimate of drug-likeness (QED) is 0.370. The molecule has 0 saturated carbocycles. The number of anilines is 1. The molecule has 6 nitrogen and oxygen atoms in total. The fraction of sp³-hybridized carbons (Fsp3) is 0.111. The number of halogens is 1. The van der Waals surface area contributed by atoms with Gasteiger partial charge in [0.25, 0.3) is 0 Å². The third-order valence-electron chi connectivity index (χ3n) is 5.98. The number of hydrogen-bond donors (Lipinski definition) is 1. The first-order valence-electron chi connectivity index (χ1n) is 10.8. The second kappa shape index (κ2) is 9.08. The van der Waals surface area contributed by atoms with Gasteiger partial charge >= 0.3 is 12.0 Å². The van der Waals surface area contributed by atoms with Gasteiger partial charge in [-0.3, -0.25) is 0 Å². The summed E-state index contributed by atoms with van der Waals surface area (Å²) in [6.07, 6.45) is 2.01. The van der Waals surface area contributed by atoms with Gasteiger partial charge in [0.1, 0.15) is 0 Å². The molecule has 0 saturated heterocycles. The van der Waals surface area contributed by atoms with Crippen molar-refractivity contribution in [2.24, 2.45) is 0 Å². The highest BCUT2D eigenvalue weighted by molar-refractivity contribution is 6.30. The second-order valence-electron chi connectivity index (χ2n) is 7.98. The number of methoxy groups -OCH3 is 1. The van der Waals surface area contributed by atoms with Crippen molar-refractivity contribution in [2.45, 2.75) is 12.6 Å². The van der Waals surface area contributed by atoms with Crippen molar-refractivity contribution in [1.29, 1.82) is 0 Å². The van der Waals surface area contributed by atoms with Crippen molar-refractivity contribution in [3.05, 3.63) is 119 Å². The molecule has 1 N–H and O–H groups in total. The average Bonchev–Trinajstić information content (AvgIpc) is 3.29. The van der Waals surface area contributed by atoms with E-state index in [9.17, 15) is 9.59 Å². The summed E-state index contributed by atoms with van der Waals surface area (Å²) in [7, 11) is 1.32. The number of fused-ring (bicyclic) bond motifs is 3. The summed E-state index contributed by atoms with van der Waals surface area (Å²) in [6.45, 7) is 0.372. The van der Waals surface area contributed by atoms with Crippen molar-refractivity contribution in [3.8, 4) is 5.69 Å². The molecule has 2 amide bonds. The van der Waals surface area contributed by atoms with E-state index in [0.29, 0.717) is 22.8 Å². The third kappa shape index (κ3) is 3.93. The molecular formula is C27H22ClN3O3. The van der Waals surface area contributed by atoms with Gasteiger partial charge in [-0.15, -0.1) is 0 Å². The fourth-order valence-corrected chi connectivity index (χ4v) is 4.53. The monoisotopic (exact) mass is 471 g/mol. The molecule has 0 aliphatic carbocycles. The van der Waals surface area contributed by atoms with Crippen molar-refractivity contribution in [2.75, 3.05) is 12.4 Å². The van der Waals surface area contributed by atoms with E-state index in [4.69, 9.17) is 16.3 Å². The van der Waals surface area contributed by atoms with Gasteiger partial charge in [0, 0.05) is 16.9 Å². The van der Waals surface area contributed by atoms with E-state index in [2.05, 4.69) is 9.88 Å². The number of carbonyl (C=O) groups is 2. The first-order valence-corrected chi connectivity index (χ1v) is 11.2. The van der Waals surface area contributed by atoms with Crippen LogP contribution in [0.4, 0.5) is 10.5 Å². The van der Waals surface area contributed by atoms with E-state index in [1.165, 1.54) is 7.11 Å². The Labute approximate surface area is 202 Å². The zero-order chi connectivity index (χ0) is 23.7. The lowest BCUT2D eigenvalue weighted by molar-refractivity contribution is 0.0602. The third-order valence-corrected chi connectivity index (χ3v) is 6.24. The number of rotatable bonds is 3. The normalized spacial score (nSPS) is 14.5. The first-order chi connectivity index (χ1) is 16.6. The molecule has 1 aliphatic rings. The van der Waals surface area contributed by atoms with Gasteiger partial charge in [-0.05, 0) is 53.6 Å². The maximum absolute atomic E-state index is 13.8. The van der Waals surface area contributed by atoms with Crippen molar-refractivity contribution in [3.63, 3.8) is 0 Å². The highest BCUT2D eigenvalue weighted by Crippen LogP contribution is 2.37. The number of nitrogens with zero attached hydrogens (tertiary/aromatic N) is 2. The van der Waals surface area contributed by atoms with Crippen molar-refractivity contribution in [1.82, 2.24) is 9.47 Å². The van der Waals surface area contributed by atoms with Crippen LogP contribution in [0.25, 0.3) is 5.69 Å². The first kappa shape index (κ1) is 21.8. The Bertz CT molecular complexity index is 1360. The van der Waals surface area contributed by atoms with Crippen LogP contribution in [-0.2, 0) is 11.3 Å². The van der Waals surface area contributed by atoms with E-state index >= 15 is 0 Å². The summed E-state index contributed by atoms with van der Waals surface area (Å²) in [6, 6.07) is 25.6. The van der Waals surface area contributed by atoms with Gasteiger partial charge in [0.05, 0.1) is 36.6 Å². The molecule has 0 bridgehead atoms. The van der Waals surface area contributed by atoms with Crippen molar-refractivity contribution >= 4 is 29.3 Å². The number of esters is 1. The van der Waals surface area contributed by atoms with Crippen molar-refractivity contribution < 1.29 is 14.3 Å². The van der Waals surface area contributed by atoms with Gasteiger partial charge in [-0.1, -0.05) is 54.1 Å². The Morgan fingerprint density at radius 3 is 2.47 bits per heavy atom. The summed E-state index contributed by atoms with van der Waals surface area (Å²) in [5.74, 6) is -0.514. The van der Waals surface area contributed by atoms with Crippen LogP contribution in [0.1, 0.15) is 33.2 Å². The lowest BCUT2D eigenvalue weighted by atomic mass is 10.0. The van der Waals surface area contributed by atoms with Crippen LogP contribution < -0.4 is 5.32 Å². The van der Waals surface area contributed by atoms with E-state index in [1.807, 2.05) is 66.9 Å². The topological polar surface area (TPSA) is 63.6 Å². The summed E-state index contributed by atoms with van der Waals surface area (Å²) in [5, 5.41) is 3.56. The zero-order valence-electron chi connectivity index (χ0n) is 18.4. The average molecular weight is 472 g/mol. The summed E-state index contributed by atoms with van der Waals surface area (Å²) in [4.78, 5) is 27.8. The Morgan fingerprint density at radius 1 is 0.941 bits per heavy atom. The molecule has 1 aliphatic heterocycles. The predicted molar refractivity (Wildman–Crippen MR) is 131 cm³/mol. The van der Waals surface area contributed by atoms with Crippen LogP contribution in [0, 0.1) is 0 Å². The molecular weight excluding hydrogens is 450 g/mol. The Kier molecular flexibility index (Phi) is 5.82. The minimum absolute atomic E-state index is 0.292.